The Morgan fingerprint density at radius 2 is 2.12 bits per heavy atom. The van der Waals surface area contributed by atoms with Gasteiger partial charge in [0.1, 0.15) is 18.5 Å². The van der Waals surface area contributed by atoms with Gasteiger partial charge >= 0.3 is 0 Å². The molecule has 0 aliphatic rings. The molecular formula is C12H19NO3. The van der Waals surface area contributed by atoms with Crippen LogP contribution in [0.1, 0.15) is 19.5 Å². The Balaban J connectivity index is 2.31. The Kier molecular flexibility index (Phi) is 5.22. The second-order valence-corrected chi connectivity index (χ2v) is 3.93. The molecule has 16 heavy (non-hydrogen) atoms. The van der Waals surface area contributed by atoms with Gasteiger partial charge in [-0.3, -0.25) is 4.98 Å². The lowest BCUT2D eigenvalue weighted by Gasteiger charge is -2.15. The second-order valence-electron chi connectivity index (χ2n) is 3.93. The number of nitrogens with zero attached hydrogens (tertiary/aromatic N) is 1. The molecule has 1 aromatic heterocycles. The number of ether oxygens (including phenoxy) is 2. The molecule has 0 aliphatic carbocycles. The molecule has 4 nitrogen and oxygen atoms in total. The minimum Gasteiger partial charge on any atom is -0.489 e. The molecule has 1 N–H and O–H groups in total. The molecule has 0 bridgehead atoms. The number of aryl methyl sites for hydroxylation is 1. The number of hydrogen-bond acceptors (Lipinski definition) is 4. The predicted octanol–water partition coefficient (Wildman–Crippen LogP) is 1.55. The molecule has 4 heteroatoms. The number of aromatic nitrogens is 1. The molecule has 0 saturated carbocycles. The van der Waals surface area contributed by atoms with Crippen molar-refractivity contribution in [2.24, 2.45) is 0 Å². The lowest BCUT2D eigenvalue weighted by molar-refractivity contribution is -0.0124. The van der Waals surface area contributed by atoms with Crippen LogP contribution >= 0.6 is 0 Å². The van der Waals surface area contributed by atoms with Crippen LogP contribution in [-0.2, 0) is 4.74 Å². The average Bonchev–Trinajstić information content (AvgIpc) is 2.25. The zero-order valence-corrected chi connectivity index (χ0v) is 10.0. The Hall–Kier alpha value is -1.13. The normalized spacial score (nSPS) is 12.8. The van der Waals surface area contributed by atoms with E-state index < -0.39 is 6.10 Å². The number of aliphatic hydroxyl groups excluding tert-OH is 1. The summed E-state index contributed by atoms with van der Waals surface area (Å²) in [6.45, 7) is 6.24. The SMILES string of the molecule is Cc1ncccc1OC[C@H](O)COC(C)C. The third-order valence-corrected chi connectivity index (χ3v) is 2.01. The lowest BCUT2D eigenvalue weighted by atomic mass is 10.3. The quantitative estimate of drug-likeness (QED) is 0.798. The molecular weight excluding hydrogens is 206 g/mol. The Labute approximate surface area is 96.2 Å². The number of rotatable bonds is 6. The van der Waals surface area contributed by atoms with E-state index >= 15 is 0 Å². The molecule has 90 valence electrons. The van der Waals surface area contributed by atoms with E-state index in [2.05, 4.69) is 4.98 Å². The van der Waals surface area contributed by atoms with E-state index in [1.165, 1.54) is 0 Å². The lowest BCUT2D eigenvalue weighted by Crippen LogP contribution is -2.25. The van der Waals surface area contributed by atoms with Crippen LogP contribution in [-0.4, -0.2) is 35.5 Å². The van der Waals surface area contributed by atoms with Crippen molar-refractivity contribution in [3.8, 4) is 5.75 Å². The molecule has 0 amide bonds. The number of aliphatic hydroxyl groups is 1. The standard InChI is InChI=1S/C12H19NO3/c1-9(2)15-7-11(14)8-16-12-5-4-6-13-10(12)3/h4-6,9,11,14H,7-8H2,1-3H3/t11-/m1/s1. The zero-order chi connectivity index (χ0) is 12.0. The zero-order valence-electron chi connectivity index (χ0n) is 10.0. The first-order valence-electron chi connectivity index (χ1n) is 5.43. The van der Waals surface area contributed by atoms with Crippen molar-refractivity contribution in [1.82, 2.24) is 4.98 Å². The summed E-state index contributed by atoms with van der Waals surface area (Å²) in [5.41, 5.74) is 0.819. The topological polar surface area (TPSA) is 51.6 Å². The molecule has 0 fully saturated rings. The highest BCUT2D eigenvalue weighted by molar-refractivity contribution is 5.25. The molecule has 0 saturated heterocycles. The van der Waals surface area contributed by atoms with Crippen LogP contribution in [0.3, 0.4) is 0 Å². The highest BCUT2D eigenvalue weighted by Gasteiger charge is 2.07. The molecule has 0 spiro atoms. The van der Waals surface area contributed by atoms with Gasteiger partial charge in [0.2, 0.25) is 0 Å². The van der Waals surface area contributed by atoms with Crippen molar-refractivity contribution in [3.63, 3.8) is 0 Å². The minimum atomic E-state index is -0.609. The Morgan fingerprint density at radius 3 is 2.75 bits per heavy atom. The van der Waals surface area contributed by atoms with Crippen LogP contribution in [0.4, 0.5) is 0 Å². The average molecular weight is 225 g/mol. The molecule has 0 aliphatic heterocycles. The summed E-state index contributed by atoms with van der Waals surface area (Å²) in [7, 11) is 0. The van der Waals surface area contributed by atoms with Gasteiger partial charge in [-0.25, -0.2) is 0 Å². The summed E-state index contributed by atoms with van der Waals surface area (Å²) in [4.78, 5) is 4.09. The fraction of sp³-hybridized carbons (Fsp3) is 0.583. The van der Waals surface area contributed by atoms with Crippen LogP contribution in [0, 0.1) is 6.92 Å². The fourth-order valence-corrected chi connectivity index (χ4v) is 1.16. The highest BCUT2D eigenvalue weighted by atomic mass is 16.5. The van der Waals surface area contributed by atoms with E-state index in [0.29, 0.717) is 5.75 Å². The summed E-state index contributed by atoms with van der Waals surface area (Å²) in [5.74, 6) is 0.700. The Bertz CT molecular complexity index is 315. The molecule has 0 aromatic carbocycles. The van der Waals surface area contributed by atoms with Crippen LogP contribution < -0.4 is 4.74 Å². The first-order valence-corrected chi connectivity index (χ1v) is 5.43. The first-order chi connectivity index (χ1) is 7.59. The van der Waals surface area contributed by atoms with E-state index in [4.69, 9.17) is 9.47 Å². The van der Waals surface area contributed by atoms with Crippen LogP contribution in [0.25, 0.3) is 0 Å². The maximum absolute atomic E-state index is 9.58. The van der Waals surface area contributed by atoms with Gasteiger partial charge in [0, 0.05) is 6.20 Å². The highest BCUT2D eigenvalue weighted by Crippen LogP contribution is 2.13. The van der Waals surface area contributed by atoms with Gasteiger partial charge in [0.15, 0.2) is 0 Å². The van der Waals surface area contributed by atoms with Crippen molar-refractivity contribution in [2.75, 3.05) is 13.2 Å². The van der Waals surface area contributed by atoms with Crippen LogP contribution in [0.2, 0.25) is 0 Å². The van der Waals surface area contributed by atoms with Gasteiger partial charge in [-0.2, -0.15) is 0 Å². The number of pyridine rings is 1. The van der Waals surface area contributed by atoms with Crippen molar-refractivity contribution >= 4 is 0 Å². The van der Waals surface area contributed by atoms with E-state index in [1.54, 1.807) is 12.3 Å². The van der Waals surface area contributed by atoms with Crippen molar-refractivity contribution in [2.45, 2.75) is 33.0 Å². The first kappa shape index (κ1) is 12.9. The van der Waals surface area contributed by atoms with Crippen molar-refractivity contribution in [1.29, 1.82) is 0 Å². The van der Waals surface area contributed by atoms with E-state index in [9.17, 15) is 5.11 Å². The monoisotopic (exact) mass is 225 g/mol. The van der Waals surface area contributed by atoms with Gasteiger partial charge in [0.25, 0.3) is 0 Å². The van der Waals surface area contributed by atoms with Crippen LogP contribution in [0.15, 0.2) is 18.3 Å². The molecule has 1 rings (SSSR count). The number of hydrogen-bond donors (Lipinski definition) is 1. The van der Waals surface area contributed by atoms with E-state index in [0.717, 1.165) is 5.69 Å². The largest absolute Gasteiger partial charge is 0.489 e. The van der Waals surface area contributed by atoms with Gasteiger partial charge in [-0.05, 0) is 32.9 Å². The van der Waals surface area contributed by atoms with E-state index in [1.807, 2.05) is 26.8 Å². The van der Waals surface area contributed by atoms with Crippen molar-refractivity contribution < 1.29 is 14.6 Å². The summed E-state index contributed by atoms with van der Waals surface area (Å²) < 4.78 is 10.7. The minimum absolute atomic E-state index is 0.120. The maximum Gasteiger partial charge on any atom is 0.140 e. The summed E-state index contributed by atoms with van der Waals surface area (Å²) in [6.07, 6.45) is 1.22. The van der Waals surface area contributed by atoms with Gasteiger partial charge in [-0.15, -0.1) is 0 Å². The summed E-state index contributed by atoms with van der Waals surface area (Å²) in [6, 6.07) is 3.64. The Morgan fingerprint density at radius 1 is 1.38 bits per heavy atom. The summed E-state index contributed by atoms with van der Waals surface area (Å²) >= 11 is 0. The summed E-state index contributed by atoms with van der Waals surface area (Å²) in [5, 5.41) is 9.58. The molecule has 1 atom stereocenters. The van der Waals surface area contributed by atoms with Gasteiger partial charge < -0.3 is 14.6 Å². The van der Waals surface area contributed by atoms with Gasteiger partial charge in [-0.1, -0.05) is 0 Å². The van der Waals surface area contributed by atoms with Gasteiger partial charge in [0.05, 0.1) is 18.4 Å². The van der Waals surface area contributed by atoms with E-state index in [-0.39, 0.29) is 19.3 Å². The predicted molar refractivity (Wildman–Crippen MR) is 61.6 cm³/mol. The molecule has 1 heterocycles. The third kappa shape index (κ3) is 4.59. The third-order valence-electron chi connectivity index (χ3n) is 2.01. The molecule has 1 aromatic rings. The maximum atomic E-state index is 9.58. The van der Waals surface area contributed by atoms with Crippen LogP contribution in [0.5, 0.6) is 5.75 Å². The fourth-order valence-electron chi connectivity index (χ4n) is 1.16. The van der Waals surface area contributed by atoms with Crippen molar-refractivity contribution in [3.05, 3.63) is 24.0 Å². The smallest absolute Gasteiger partial charge is 0.140 e. The molecule has 0 radical (unpaired) electrons. The molecule has 0 unspecified atom stereocenters. The second kappa shape index (κ2) is 6.45.